The number of nitrogens with one attached hydrogen (secondary N) is 2. The Morgan fingerprint density at radius 1 is 1.25 bits per heavy atom. The molecule has 1 aromatic rings. The molecule has 3 aliphatic rings. The summed E-state index contributed by atoms with van der Waals surface area (Å²) in [6.45, 7) is 4.44. The van der Waals surface area contributed by atoms with Gasteiger partial charge in [-0.25, -0.2) is 0 Å². The molecule has 0 spiro atoms. The fourth-order valence-corrected chi connectivity index (χ4v) is 4.83. The second-order valence-electron chi connectivity index (χ2n) is 8.37. The van der Waals surface area contributed by atoms with Crippen LogP contribution in [0.25, 0.3) is 0 Å². The lowest BCUT2D eigenvalue weighted by Crippen LogP contribution is -2.46. The predicted molar refractivity (Wildman–Crippen MR) is 114 cm³/mol. The van der Waals surface area contributed by atoms with Crippen LogP contribution in [0.2, 0.25) is 5.02 Å². The summed E-state index contributed by atoms with van der Waals surface area (Å²) in [6, 6.07) is 8.81. The lowest BCUT2D eigenvalue weighted by molar-refractivity contribution is -0.134. The molecule has 3 unspecified atom stereocenters. The van der Waals surface area contributed by atoms with Gasteiger partial charge in [-0.05, 0) is 50.3 Å². The largest absolute Gasteiger partial charge is 0.353 e. The molecule has 3 atom stereocenters. The smallest absolute Gasteiger partial charge is 0.225 e. The molecule has 152 valence electrons. The third-order valence-corrected chi connectivity index (χ3v) is 6.49. The van der Waals surface area contributed by atoms with E-state index in [-0.39, 0.29) is 12.0 Å². The van der Waals surface area contributed by atoms with Crippen molar-refractivity contribution in [3.8, 4) is 0 Å². The first-order chi connectivity index (χ1) is 13.6. The number of guanidine groups is 1. The normalized spacial score (nSPS) is 27.9. The molecule has 1 saturated heterocycles. The van der Waals surface area contributed by atoms with Crippen LogP contribution in [0.3, 0.4) is 0 Å². The summed E-state index contributed by atoms with van der Waals surface area (Å²) in [4.78, 5) is 19.3. The van der Waals surface area contributed by atoms with Crippen LogP contribution in [-0.2, 0) is 4.79 Å². The topological polar surface area (TPSA) is 56.7 Å². The fourth-order valence-electron chi connectivity index (χ4n) is 4.63. The van der Waals surface area contributed by atoms with Crippen LogP contribution in [0.15, 0.2) is 29.3 Å². The second-order valence-corrected chi connectivity index (χ2v) is 8.80. The first-order valence-corrected chi connectivity index (χ1v) is 11.1. The third kappa shape index (κ3) is 4.62. The van der Waals surface area contributed by atoms with E-state index in [2.05, 4.69) is 39.6 Å². The molecule has 6 heteroatoms. The molecule has 5 nitrogen and oxygen atoms in total. The molecular formula is C22H31ClN4O. The maximum absolute atomic E-state index is 12.7. The van der Waals surface area contributed by atoms with Gasteiger partial charge < -0.3 is 15.5 Å². The molecule has 2 aliphatic carbocycles. The number of halogens is 1. The van der Waals surface area contributed by atoms with E-state index in [4.69, 9.17) is 11.6 Å². The van der Waals surface area contributed by atoms with E-state index in [0.29, 0.717) is 17.9 Å². The van der Waals surface area contributed by atoms with Gasteiger partial charge in [0.05, 0.1) is 0 Å². The molecule has 3 fully saturated rings. The maximum Gasteiger partial charge on any atom is 0.225 e. The van der Waals surface area contributed by atoms with Gasteiger partial charge in [0.2, 0.25) is 5.91 Å². The molecule has 0 radical (unpaired) electrons. The summed E-state index contributed by atoms with van der Waals surface area (Å²) in [5, 5.41) is 7.94. The van der Waals surface area contributed by atoms with Gasteiger partial charge in [0.1, 0.15) is 0 Å². The van der Waals surface area contributed by atoms with Crippen molar-refractivity contribution < 1.29 is 4.79 Å². The summed E-state index contributed by atoms with van der Waals surface area (Å²) in [6.07, 6.45) is 6.65. The molecule has 1 aliphatic heterocycles. The molecule has 2 N–H and O–H groups in total. The highest BCUT2D eigenvalue weighted by Crippen LogP contribution is 2.41. The number of nitrogens with zero attached hydrogens (tertiary/aromatic N) is 2. The van der Waals surface area contributed by atoms with Gasteiger partial charge in [0.15, 0.2) is 5.96 Å². The molecule has 1 aromatic carbocycles. The van der Waals surface area contributed by atoms with Gasteiger partial charge in [-0.15, -0.1) is 0 Å². The van der Waals surface area contributed by atoms with Crippen molar-refractivity contribution in [1.29, 1.82) is 0 Å². The van der Waals surface area contributed by atoms with Crippen molar-refractivity contribution in [2.24, 2.45) is 10.9 Å². The average Bonchev–Trinajstić information content (AvgIpc) is 3.08. The minimum Gasteiger partial charge on any atom is -0.353 e. The first kappa shape index (κ1) is 19.6. The zero-order valence-electron chi connectivity index (χ0n) is 16.7. The monoisotopic (exact) mass is 402 g/mol. The Morgan fingerprint density at radius 3 is 2.82 bits per heavy atom. The Balaban J connectivity index is 1.29. The number of carbonyl (C=O) groups is 1. The predicted octanol–water partition coefficient (Wildman–Crippen LogP) is 3.54. The van der Waals surface area contributed by atoms with Crippen LogP contribution < -0.4 is 10.6 Å². The Hall–Kier alpha value is -1.75. The van der Waals surface area contributed by atoms with Crippen LogP contribution in [-0.4, -0.2) is 48.5 Å². The molecule has 0 bridgehead atoms. The number of carbonyl (C=O) groups excluding carboxylic acids is 1. The first-order valence-electron chi connectivity index (χ1n) is 10.8. The van der Waals surface area contributed by atoms with Crippen LogP contribution in [0.5, 0.6) is 0 Å². The van der Waals surface area contributed by atoms with Gasteiger partial charge >= 0.3 is 0 Å². The minimum absolute atomic E-state index is 0.269. The number of rotatable bonds is 5. The van der Waals surface area contributed by atoms with Crippen molar-refractivity contribution in [3.05, 3.63) is 34.9 Å². The minimum atomic E-state index is 0.269. The van der Waals surface area contributed by atoms with E-state index in [1.54, 1.807) is 0 Å². The second kappa shape index (κ2) is 8.73. The molecule has 2 saturated carbocycles. The van der Waals surface area contributed by atoms with Crippen LogP contribution >= 0.6 is 11.6 Å². The summed E-state index contributed by atoms with van der Waals surface area (Å²) in [7, 11) is 0. The average molecular weight is 403 g/mol. The lowest BCUT2D eigenvalue weighted by Gasteiger charge is -2.21. The summed E-state index contributed by atoms with van der Waals surface area (Å²) < 4.78 is 0. The number of benzene rings is 1. The van der Waals surface area contributed by atoms with Crippen LogP contribution in [0, 0.1) is 5.92 Å². The van der Waals surface area contributed by atoms with Crippen molar-refractivity contribution in [2.75, 3.05) is 19.6 Å². The Kier molecular flexibility index (Phi) is 6.10. The van der Waals surface area contributed by atoms with Crippen molar-refractivity contribution in [1.82, 2.24) is 15.5 Å². The van der Waals surface area contributed by atoms with Crippen LogP contribution in [0.4, 0.5) is 0 Å². The highest BCUT2D eigenvalue weighted by atomic mass is 35.5. The summed E-state index contributed by atoms with van der Waals surface area (Å²) >= 11 is 6.13. The van der Waals surface area contributed by atoms with E-state index in [1.165, 1.54) is 18.4 Å². The van der Waals surface area contributed by atoms with E-state index in [0.717, 1.165) is 56.3 Å². The van der Waals surface area contributed by atoms with E-state index < -0.39 is 0 Å². The summed E-state index contributed by atoms with van der Waals surface area (Å²) in [5.74, 6) is 2.00. The number of aliphatic imine (C=N–C) groups is 1. The lowest BCUT2D eigenvalue weighted by atomic mass is 10.1. The quantitative estimate of drug-likeness (QED) is 0.585. The SMILES string of the molecule is CCN=C(NC1CCN(C(=O)C2CCCC2)C1)NC1CC1c1cccc(Cl)c1. The van der Waals surface area contributed by atoms with E-state index in [9.17, 15) is 4.79 Å². The Bertz CT molecular complexity index is 731. The third-order valence-electron chi connectivity index (χ3n) is 6.25. The van der Waals surface area contributed by atoms with Gasteiger partial charge in [0, 0.05) is 48.6 Å². The molecule has 4 rings (SSSR count). The molecule has 1 amide bonds. The van der Waals surface area contributed by atoms with Gasteiger partial charge in [-0.1, -0.05) is 36.6 Å². The standard InChI is InChI=1S/C22H31ClN4O/c1-2-24-22(26-20-13-19(20)16-8-5-9-17(23)12-16)25-18-10-11-27(14-18)21(28)15-6-3-4-7-15/h5,8-9,12,15,18-20H,2-4,6-7,10-11,13-14H2,1H3,(H2,24,25,26). The summed E-state index contributed by atoms with van der Waals surface area (Å²) in [5.41, 5.74) is 1.29. The van der Waals surface area contributed by atoms with Crippen molar-refractivity contribution >= 4 is 23.5 Å². The molecular weight excluding hydrogens is 372 g/mol. The highest BCUT2D eigenvalue weighted by Gasteiger charge is 2.39. The van der Waals surface area contributed by atoms with Gasteiger partial charge in [0.25, 0.3) is 0 Å². The Labute approximate surface area is 172 Å². The molecule has 28 heavy (non-hydrogen) atoms. The molecule has 0 aromatic heterocycles. The molecule has 1 heterocycles. The van der Waals surface area contributed by atoms with Crippen molar-refractivity contribution in [3.63, 3.8) is 0 Å². The number of likely N-dealkylation sites (tertiary alicyclic amines) is 1. The highest BCUT2D eigenvalue weighted by molar-refractivity contribution is 6.30. The van der Waals surface area contributed by atoms with Gasteiger partial charge in [-0.2, -0.15) is 0 Å². The Morgan fingerprint density at radius 2 is 2.07 bits per heavy atom. The van der Waals surface area contributed by atoms with Gasteiger partial charge in [-0.3, -0.25) is 9.79 Å². The number of hydrogen-bond acceptors (Lipinski definition) is 2. The van der Waals surface area contributed by atoms with Crippen LogP contribution in [0.1, 0.15) is 56.9 Å². The zero-order chi connectivity index (χ0) is 19.5. The zero-order valence-corrected chi connectivity index (χ0v) is 17.4. The fraction of sp³-hybridized carbons (Fsp3) is 0.636. The number of hydrogen-bond donors (Lipinski definition) is 2. The van der Waals surface area contributed by atoms with Crippen molar-refractivity contribution in [2.45, 2.75) is 63.5 Å². The maximum atomic E-state index is 12.7. The van der Waals surface area contributed by atoms with E-state index in [1.807, 2.05) is 12.1 Å². The number of amides is 1. The van der Waals surface area contributed by atoms with E-state index >= 15 is 0 Å².